The lowest BCUT2D eigenvalue weighted by atomic mass is 10.1. The summed E-state index contributed by atoms with van der Waals surface area (Å²) in [5.74, 6) is 0. The predicted molar refractivity (Wildman–Crippen MR) is 98.3 cm³/mol. The third kappa shape index (κ3) is 11.4. The second-order valence-corrected chi connectivity index (χ2v) is 4.50. The van der Waals surface area contributed by atoms with Gasteiger partial charge in [0.25, 0.3) is 0 Å². The van der Waals surface area contributed by atoms with Crippen LogP contribution in [0.15, 0.2) is 97.2 Å². The maximum absolute atomic E-state index is 4.14. The standard InChI is InChI=1S/C21H28/c1-5-8-11-14-17-20(4)21(18-15-12-9-6-2)19-16-13-10-7-3/h5-6,8,10,12-19H,2,4,7,9,11H2,1,3H3. The summed E-state index contributed by atoms with van der Waals surface area (Å²) in [5, 5.41) is 0. The van der Waals surface area contributed by atoms with E-state index in [9.17, 15) is 0 Å². The Labute approximate surface area is 131 Å². The molecule has 0 saturated heterocycles. The first-order chi connectivity index (χ1) is 10.3. The van der Waals surface area contributed by atoms with Crippen molar-refractivity contribution in [3.8, 4) is 0 Å². The van der Waals surface area contributed by atoms with Crippen LogP contribution in [-0.4, -0.2) is 0 Å². The summed E-state index contributed by atoms with van der Waals surface area (Å²) in [6.45, 7) is 12.0. The molecule has 0 spiro atoms. The Bertz CT molecular complexity index is 462. The molecule has 0 N–H and O–H groups in total. The third-order valence-electron chi connectivity index (χ3n) is 2.67. The minimum atomic E-state index is 0.882. The van der Waals surface area contributed by atoms with Gasteiger partial charge in [0.15, 0.2) is 0 Å². The van der Waals surface area contributed by atoms with E-state index >= 15 is 0 Å². The molecule has 0 aromatic heterocycles. The Balaban J connectivity index is 4.88. The van der Waals surface area contributed by atoms with E-state index in [-0.39, 0.29) is 0 Å². The quantitative estimate of drug-likeness (QED) is 0.310. The van der Waals surface area contributed by atoms with Crippen molar-refractivity contribution in [2.75, 3.05) is 0 Å². The summed E-state index contributed by atoms with van der Waals surface area (Å²) in [6, 6.07) is 0. The fourth-order valence-corrected chi connectivity index (χ4v) is 1.51. The Kier molecular flexibility index (Phi) is 12.9. The van der Waals surface area contributed by atoms with Crippen molar-refractivity contribution in [3.63, 3.8) is 0 Å². The number of allylic oxidation sites excluding steroid dienone is 14. The molecular weight excluding hydrogens is 252 g/mol. The molecule has 0 rings (SSSR count). The Hall–Kier alpha value is -2.08. The van der Waals surface area contributed by atoms with Crippen LogP contribution in [0.4, 0.5) is 0 Å². The normalized spacial score (nSPS) is 13.5. The van der Waals surface area contributed by atoms with Crippen LogP contribution in [0.25, 0.3) is 0 Å². The number of hydrogen-bond donors (Lipinski definition) is 0. The van der Waals surface area contributed by atoms with Crippen LogP contribution in [0.3, 0.4) is 0 Å². The monoisotopic (exact) mass is 280 g/mol. The molecule has 0 nitrogen and oxygen atoms in total. The van der Waals surface area contributed by atoms with E-state index in [0.717, 1.165) is 30.4 Å². The van der Waals surface area contributed by atoms with Crippen LogP contribution in [0.2, 0.25) is 0 Å². The van der Waals surface area contributed by atoms with Crippen molar-refractivity contribution in [2.45, 2.75) is 33.1 Å². The second-order valence-electron chi connectivity index (χ2n) is 4.50. The average Bonchev–Trinajstić information content (AvgIpc) is 2.49. The molecule has 0 amide bonds. The maximum Gasteiger partial charge on any atom is -0.0166 e. The van der Waals surface area contributed by atoms with Crippen molar-refractivity contribution in [1.82, 2.24) is 0 Å². The Morgan fingerprint density at radius 2 is 1.71 bits per heavy atom. The van der Waals surface area contributed by atoms with Gasteiger partial charge in [-0.15, -0.1) is 6.58 Å². The van der Waals surface area contributed by atoms with E-state index in [0.29, 0.717) is 0 Å². The van der Waals surface area contributed by atoms with Gasteiger partial charge in [0, 0.05) is 0 Å². The minimum Gasteiger partial charge on any atom is -0.103 e. The lowest BCUT2D eigenvalue weighted by molar-refractivity contribution is 1.22. The smallest absolute Gasteiger partial charge is 0.0166 e. The Morgan fingerprint density at radius 1 is 0.905 bits per heavy atom. The summed E-state index contributed by atoms with van der Waals surface area (Å²) in [6.07, 6.45) is 27.7. The van der Waals surface area contributed by atoms with Gasteiger partial charge >= 0.3 is 0 Å². The first-order valence-corrected chi connectivity index (χ1v) is 7.54. The van der Waals surface area contributed by atoms with Crippen LogP contribution < -0.4 is 0 Å². The highest BCUT2D eigenvalue weighted by atomic mass is 14.0. The zero-order chi connectivity index (χ0) is 15.8. The molecule has 112 valence electrons. The first kappa shape index (κ1) is 18.9. The van der Waals surface area contributed by atoms with E-state index < -0.39 is 0 Å². The molecule has 0 unspecified atom stereocenters. The van der Waals surface area contributed by atoms with Gasteiger partial charge in [-0.3, -0.25) is 0 Å². The van der Waals surface area contributed by atoms with Gasteiger partial charge in [-0.1, -0.05) is 86.4 Å². The van der Waals surface area contributed by atoms with Crippen molar-refractivity contribution >= 4 is 0 Å². The van der Waals surface area contributed by atoms with Crippen LogP contribution in [0, 0.1) is 0 Å². The summed E-state index contributed by atoms with van der Waals surface area (Å²) in [4.78, 5) is 0. The molecule has 0 aliphatic carbocycles. The second kappa shape index (κ2) is 14.3. The highest BCUT2D eigenvalue weighted by molar-refractivity contribution is 5.47. The van der Waals surface area contributed by atoms with Gasteiger partial charge in [-0.05, 0) is 37.3 Å². The minimum absolute atomic E-state index is 0.882. The van der Waals surface area contributed by atoms with Gasteiger partial charge in [-0.25, -0.2) is 0 Å². The molecule has 0 heteroatoms. The van der Waals surface area contributed by atoms with Crippen LogP contribution in [-0.2, 0) is 0 Å². The third-order valence-corrected chi connectivity index (χ3v) is 2.67. The van der Waals surface area contributed by atoms with E-state index in [1.807, 2.05) is 13.0 Å². The molecule has 21 heavy (non-hydrogen) atoms. The van der Waals surface area contributed by atoms with E-state index in [1.165, 1.54) is 0 Å². The fourth-order valence-electron chi connectivity index (χ4n) is 1.51. The SMILES string of the molecule is C=CCC=CC=C(C=CC=CCC)C(=C)C=CCC=CC. The van der Waals surface area contributed by atoms with Gasteiger partial charge in [0.05, 0.1) is 0 Å². The van der Waals surface area contributed by atoms with Gasteiger partial charge < -0.3 is 0 Å². The molecular formula is C21H28. The van der Waals surface area contributed by atoms with E-state index in [1.54, 1.807) is 0 Å². The largest absolute Gasteiger partial charge is 0.103 e. The Morgan fingerprint density at radius 3 is 2.38 bits per heavy atom. The molecule has 0 bridgehead atoms. The summed E-state index contributed by atoms with van der Waals surface area (Å²) < 4.78 is 0. The van der Waals surface area contributed by atoms with Gasteiger partial charge in [0.1, 0.15) is 0 Å². The first-order valence-electron chi connectivity index (χ1n) is 7.54. The molecule has 0 heterocycles. The summed E-state index contributed by atoms with van der Waals surface area (Å²) in [5.41, 5.74) is 2.14. The van der Waals surface area contributed by atoms with Crippen molar-refractivity contribution < 1.29 is 0 Å². The van der Waals surface area contributed by atoms with Crippen LogP contribution in [0.1, 0.15) is 33.1 Å². The van der Waals surface area contributed by atoms with Crippen molar-refractivity contribution in [3.05, 3.63) is 97.2 Å². The lowest BCUT2D eigenvalue weighted by Crippen LogP contribution is -1.80. The molecule has 0 fully saturated rings. The molecule has 0 aliphatic heterocycles. The highest BCUT2D eigenvalue weighted by Crippen LogP contribution is 2.12. The molecule has 0 atom stereocenters. The van der Waals surface area contributed by atoms with Crippen LogP contribution in [0.5, 0.6) is 0 Å². The van der Waals surface area contributed by atoms with Crippen LogP contribution >= 0.6 is 0 Å². The van der Waals surface area contributed by atoms with Crippen molar-refractivity contribution in [2.24, 2.45) is 0 Å². The zero-order valence-electron chi connectivity index (χ0n) is 13.5. The number of hydrogen-bond acceptors (Lipinski definition) is 0. The topological polar surface area (TPSA) is 0 Å². The maximum atomic E-state index is 4.14. The molecule has 0 aromatic rings. The van der Waals surface area contributed by atoms with Gasteiger partial charge in [-0.2, -0.15) is 0 Å². The van der Waals surface area contributed by atoms with Gasteiger partial charge in [0.2, 0.25) is 0 Å². The highest BCUT2D eigenvalue weighted by Gasteiger charge is 1.93. The van der Waals surface area contributed by atoms with Crippen molar-refractivity contribution in [1.29, 1.82) is 0 Å². The fraction of sp³-hybridized carbons (Fsp3) is 0.238. The molecule has 0 aromatic carbocycles. The molecule has 0 radical (unpaired) electrons. The number of rotatable bonds is 10. The van der Waals surface area contributed by atoms with E-state index in [4.69, 9.17) is 0 Å². The molecule has 0 aliphatic rings. The van der Waals surface area contributed by atoms with E-state index in [2.05, 4.69) is 86.9 Å². The molecule has 0 saturated carbocycles. The lowest BCUT2D eigenvalue weighted by Gasteiger charge is -2.00. The summed E-state index contributed by atoms with van der Waals surface area (Å²) in [7, 11) is 0. The predicted octanol–water partition coefficient (Wildman–Crippen LogP) is 6.65. The zero-order valence-corrected chi connectivity index (χ0v) is 13.5. The average molecular weight is 280 g/mol. The summed E-state index contributed by atoms with van der Waals surface area (Å²) >= 11 is 0.